The number of aryl methyl sites for hydroxylation is 1. The van der Waals surface area contributed by atoms with Crippen LogP contribution in [0.5, 0.6) is 0 Å². The van der Waals surface area contributed by atoms with E-state index >= 15 is 0 Å². The molecule has 2 aromatic carbocycles. The van der Waals surface area contributed by atoms with Gasteiger partial charge in [0.1, 0.15) is 6.10 Å². The van der Waals surface area contributed by atoms with Crippen LogP contribution in [0.15, 0.2) is 42.5 Å². The van der Waals surface area contributed by atoms with Gasteiger partial charge in [-0.05, 0) is 55.7 Å². The van der Waals surface area contributed by atoms with Crippen molar-refractivity contribution in [3.63, 3.8) is 0 Å². The number of benzene rings is 2. The lowest BCUT2D eigenvalue weighted by atomic mass is 10.1. The summed E-state index contributed by atoms with van der Waals surface area (Å²) in [5.74, 6) is -0.441. The normalized spacial score (nSPS) is 16.4. The zero-order valence-electron chi connectivity index (χ0n) is 14.0. The highest BCUT2D eigenvalue weighted by Crippen LogP contribution is 2.20. The number of amides is 2. The third-order valence-electron chi connectivity index (χ3n) is 4.12. The molecule has 2 amide bonds. The molecule has 25 heavy (non-hydrogen) atoms. The molecule has 0 aromatic heterocycles. The van der Waals surface area contributed by atoms with Crippen molar-refractivity contribution in [1.82, 2.24) is 0 Å². The van der Waals surface area contributed by atoms with Crippen molar-refractivity contribution in [2.75, 3.05) is 23.0 Å². The summed E-state index contributed by atoms with van der Waals surface area (Å²) in [5, 5.41) is 5.65. The first kappa shape index (κ1) is 17.0. The van der Waals surface area contributed by atoms with Crippen molar-refractivity contribution >= 4 is 28.9 Å². The molecule has 0 radical (unpaired) electrons. The SMILES string of the molecule is Cc1ccc(N)cc1NC(=O)c1cccc(NC(=O)C2CCCO2)c1. The van der Waals surface area contributed by atoms with Crippen LogP contribution < -0.4 is 16.4 Å². The maximum Gasteiger partial charge on any atom is 0.255 e. The second-order valence-corrected chi connectivity index (χ2v) is 6.10. The third kappa shape index (κ3) is 4.16. The number of carbonyl (C=O) groups is 2. The molecule has 1 saturated heterocycles. The molecule has 0 bridgehead atoms. The van der Waals surface area contributed by atoms with Crippen LogP contribution in [-0.4, -0.2) is 24.5 Å². The Balaban J connectivity index is 1.71. The second-order valence-electron chi connectivity index (χ2n) is 6.10. The zero-order chi connectivity index (χ0) is 17.8. The number of carbonyl (C=O) groups excluding carboxylic acids is 2. The molecule has 4 N–H and O–H groups in total. The summed E-state index contributed by atoms with van der Waals surface area (Å²) in [5.41, 5.74) is 8.96. The van der Waals surface area contributed by atoms with Gasteiger partial charge in [0.15, 0.2) is 0 Å². The zero-order valence-corrected chi connectivity index (χ0v) is 14.0. The van der Waals surface area contributed by atoms with Gasteiger partial charge in [-0.25, -0.2) is 0 Å². The van der Waals surface area contributed by atoms with Crippen molar-refractivity contribution in [2.45, 2.75) is 25.9 Å². The maximum atomic E-state index is 12.5. The topological polar surface area (TPSA) is 93.5 Å². The Bertz CT molecular complexity index is 798. The molecule has 1 unspecified atom stereocenters. The Kier molecular flexibility index (Phi) is 5.00. The molecule has 0 aliphatic carbocycles. The molecule has 1 aliphatic rings. The van der Waals surface area contributed by atoms with Crippen LogP contribution in [0.3, 0.4) is 0 Å². The number of nitrogens with two attached hydrogens (primary N) is 1. The van der Waals surface area contributed by atoms with Crippen molar-refractivity contribution in [3.05, 3.63) is 53.6 Å². The summed E-state index contributed by atoms with van der Waals surface area (Å²) in [6.07, 6.45) is 1.20. The van der Waals surface area contributed by atoms with Gasteiger partial charge in [0.05, 0.1) is 0 Å². The summed E-state index contributed by atoms with van der Waals surface area (Å²) < 4.78 is 5.36. The van der Waals surface area contributed by atoms with Crippen LogP contribution in [0.25, 0.3) is 0 Å². The molecule has 0 spiro atoms. The van der Waals surface area contributed by atoms with Crippen LogP contribution >= 0.6 is 0 Å². The van der Waals surface area contributed by atoms with Crippen molar-refractivity contribution in [3.8, 4) is 0 Å². The molecular weight excluding hydrogens is 318 g/mol. The Labute approximate surface area is 146 Å². The number of anilines is 3. The first-order valence-corrected chi connectivity index (χ1v) is 8.23. The highest BCUT2D eigenvalue weighted by molar-refractivity contribution is 6.06. The first-order valence-electron chi connectivity index (χ1n) is 8.23. The van der Waals surface area contributed by atoms with Gasteiger partial charge in [-0.1, -0.05) is 12.1 Å². The van der Waals surface area contributed by atoms with E-state index in [4.69, 9.17) is 10.5 Å². The average Bonchev–Trinajstić information content (AvgIpc) is 3.13. The summed E-state index contributed by atoms with van der Waals surface area (Å²) in [4.78, 5) is 24.6. The van der Waals surface area contributed by atoms with Gasteiger partial charge in [-0.15, -0.1) is 0 Å². The Hall–Kier alpha value is -2.86. The molecule has 0 saturated carbocycles. The van der Waals surface area contributed by atoms with E-state index in [1.165, 1.54) is 0 Å². The quantitative estimate of drug-likeness (QED) is 0.747. The molecule has 2 aromatic rings. The largest absolute Gasteiger partial charge is 0.399 e. The maximum absolute atomic E-state index is 12.5. The van der Waals surface area contributed by atoms with Gasteiger partial charge >= 0.3 is 0 Å². The number of ether oxygens (including phenoxy) is 1. The van der Waals surface area contributed by atoms with Gasteiger partial charge in [-0.3, -0.25) is 9.59 Å². The second kappa shape index (κ2) is 7.36. The fourth-order valence-corrected chi connectivity index (χ4v) is 2.71. The molecule has 130 valence electrons. The molecule has 1 heterocycles. The number of hydrogen-bond acceptors (Lipinski definition) is 4. The lowest BCUT2D eigenvalue weighted by Crippen LogP contribution is -2.27. The number of rotatable bonds is 4. The third-order valence-corrected chi connectivity index (χ3v) is 4.12. The molecule has 1 aliphatic heterocycles. The fraction of sp³-hybridized carbons (Fsp3) is 0.263. The van der Waals surface area contributed by atoms with E-state index in [0.29, 0.717) is 29.2 Å². The van der Waals surface area contributed by atoms with Gasteiger partial charge < -0.3 is 21.1 Å². The van der Waals surface area contributed by atoms with E-state index < -0.39 is 6.10 Å². The summed E-state index contributed by atoms with van der Waals surface area (Å²) in [6.45, 7) is 2.51. The molecule has 3 rings (SSSR count). The van der Waals surface area contributed by atoms with Crippen LogP contribution in [0.1, 0.15) is 28.8 Å². The van der Waals surface area contributed by atoms with E-state index in [2.05, 4.69) is 10.6 Å². The van der Waals surface area contributed by atoms with Crippen LogP contribution in [-0.2, 0) is 9.53 Å². The molecule has 6 heteroatoms. The summed E-state index contributed by atoms with van der Waals surface area (Å²) in [6, 6.07) is 12.2. The fourth-order valence-electron chi connectivity index (χ4n) is 2.71. The van der Waals surface area contributed by atoms with Crippen molar-refractivity contribution in [1.29, 1.82) is 0 Å². The van der Waals surface area contributed by atoms with Gasteiger partial charge in [0.2, 0.25) is 0 Å². The number of hydrogen-bond donors (Lipinski definition) is 3. The monoisotopic (exact) mass is 339 g/mol. The predicted molar refractivity (Wildman–Crippen MR) is 97.6 cm³/mol. The van der Waals surface area contributed by atoms with Crippen LogP contribution in [0, 0.1) is 6.92 Å². The molecule has 1 fully saturated rings. The van der Waals surface area contributed by atoms with E-state index in [9.17, 15) is 9.59 Å². The Morgan fingerprint density at radius 2 is 2.00 bits per heavy atom. The number of nitrogens with one attached hydrogen (secondary N) is 2. The van der Waals surface area contributed by atoms with Crippen LogP contribution in [0.2, 0.25) is 0 Å². The lowest BCUT2D eigenvalue weighted by Gasteiger charge is -2.12. The van der Waals surface area contributed by atoms with E-state index in [1.54, 1.807) is 36.4 Å². The Morgan fingerprint density at radius 3 is 2.76 bits per heavy atom. The smallest absolute Gasteiger partial charge is 0.255 e. The Morgan fingerprint density at radius 1 is 1.16 bits per heavy atom. The van der Waals surface area contributed by atoms with E-state index in [0.717, 1.165) is 18.4 Å². The highest BCUT2D eigenvalue weighted by atomic mass is 16.5. The minimum Gasteiger partial charge on any atom is -0.399 e. The van der Waals surface area contributed by atoms with E-state index in [1.807, 2.05) is 13.0 Å². The number of nitrogen functional groups attached to an aromatic ring is 1. The van der Waals surface area contributed by atoms with Crippen LogP contribution in [0.4, 0.5) is 17.1 Å². The minimum absolute atomic E-state index is 0.179. The standard InChI is InChI=1S/C19H21N3O3/c1-12-7-8-14(20)11-16(12)22-18(23)13-4-2-5-15(10-13)21-19(24)17-6-3-9-25-17/h2,4-5,7-8,10-11,17H,3,6,9,20H2,1H3,(H,21,24)(H,22,23). The molecule has 1 atom stereocenters. The highest BCUT2D eigenvalue weighted by Gasteiger charge is 2.23. The average molecular weight is 339 g/mol. The lowest BCUT2D eigenvalue weighted by molar-refractivity contribution is -0.124. The minimum atomic E-state index is -0.410. The predicted octanol–water partition coefficient (Wildman–Crippen LogP) is 2.95. The first-order chi connectivity index (χ1) is 12.0. The summed E-state index contributed by atoms with van der Waals surface area (Å²) >= 11 is 0. The van der Waals surface area contributed by atoms with Gasteiger partial charge in [-0.2, -0.15) is 0 Å². The molecular formula is C19H21N3O3. The molecule has 6 nitrogen and oxygen atoms in total. The van der Waals surface area contributed by atoms with Crippen molar-refractivity contribution < 1.29 is 14.3 Å². The summed E-state index contributed by atoms with van der Waals surface area (Å²) in [7, 11) is 0. The van der Waals surface area contributed by atoms with Gasteiger partial charge in [0.25, 0.3) is 11.8 Å². The van der Waals surface area contributed by atoms with E-state index in [-0.39, 0.29) is 11.8 Å². The van der Waals surface area contributed by atoms with Gasteiger partial charge in [0, 0.05) is 29.2 Å². The van der Waals surface area contributed by atoms with Crippen molar-refractivity contribution in [2.24, 2.45) is 0 Å².